The van der Waals surface area contributed by atoms with Gasteiger partial charge in [-0.3, -0.25) is 23.7 Å². The van der Waals surface area contributed by atoms with Gasteiger partial charge in [0.05, 0.1) is 49.5 Å². The van der Waals surface area contributed by atoms with E-state index in [0.29, 0.717) is 54.9 Å². The van der Waals surface area contributed by atoms with Gasteiger partial charge in [-0.05, 0) is 76.6 Å². The molecule has 2 saturated heterocycles. The summed E-state index contributed by atoms with van der Waals surface area (Å²) in [7, 11) is 6.45. The molecule has 17 nitrogen and oxygen atoms in total. The number of nitrogens with two attached hydrogens (primary N) is 1. The van der Waals surface area contributed by atoms with E-state index in [9.17, 15) is 24.4 Å². The summed E-state index contributed by atoms with van der Waals surface area (Å²) in [6, 6.07) is 6.76. The monoisotopic (exact) mass is 817 g/mol. The average molecular weight is 818 g/mol. The van der Waals surface area contributed by atoms with E-state index >= 15 is 8.78 Å². The smallest absolute Gasteiger partial charge is 0.350 e. The number of aromatic amines is 1. The Labute approximate surface area is 337 Å². The van der Waals surface area contributed by atoms with Crippen LogP contribution in [0.5, 0.6) is 11.5 Å². The maximum atomic E-state index is 15.3. The number of aromatic nitrogens is 4. The summed E-state index contributed by atoms with van der Waals surface area (Å²) >= 11 is 0. The van der Waals surface area contributed by atoms with Gasteiger partial charge in [-0.1, -0.05) is 0 Å². The second-order valence-electron chi connectivity index (χ2n) is 15.7. The van der Waals surface area contributed by atoms with Crippen LogP contribution in [0.4, 0.5) is 20.2 Å². The number of nitrogen functional groups attached to an aromatic ring is 1. The molecule has 0 radical (unpaired) electrons. The van der Waals surface area contributed by atoms with E-state index in [-0.39, 0.29) is 69.5 Å². The number of fused-ring (bicyclic) bond motifs is 2. The van der Waals surface area contributed by atoms with Crippen molar-refractivity contribution in [3.8, 4) is 23.6 Å². The number of H-pyrrole nitrogens is 1. The Morgan fingerprint density at radius 2 is 1.39 bits per heavy atom. The van der Waals surface area contributed by atoms with Gasteiger partial charge < -0.3 is 35.7 Å². The lowest BCUT2D eigenvalue weighted by molar-refractivity contribution is 0.402. The Morgan fingerprint density at radius 1 is 0.847 bits per heavy atom. The predicted octanol–water partition coefficient (Wildman–Crippen LogP) is 2.05. The minimum Gasteiger partial charge on any atom is -0.492 e. The maximum absolute atomic E-state index is 15.3. The summed E-state index contributed by atoms with van der Waals surface area (Å²) in [4.78, 5) is 56.2. The fourth-order valence-corrected chi connectivity index (χ4v) is 8.89. The van der Waals surface area contributed by atoms with Crippen molar-refractivity contribution in [2.75, 3.05) is 76.7 Å². The van der Waals surface area contributed by atoms with Gasteiger partial charge in [0.2, 0.25) is 0 Å². The van der Waals surface area contributed by atoms with Gasteiger partial charge >= 0.3 is 11.4 Å². The normalized spacial score (nSPS) is 19.9. The van der Waals surface area contributed by atoms with Crippen molar-refractivity contribution in [3.63, 3.8) is 0 Å². The summed E-state index contributed by atoms with van der Waals surface area (Å²) < 4.78 is 45.1. The van der Waals surface area contributed by atoms with Crippen LogP contribution >= 0.6 is 0 Å². The van der Waals surface area contributed by atoms with Crippen molar-refractivity contribution in [2.45, 2.75) is 63.1 Å². The number of methoxy groups -OCH3 is 2. The highest BCUT2D eigenvalue weighted by molar-refractivity contribution is 5.92. The molecule has 0 bridgehead atoms. The third kappa shape index (κ3) is 7.49. The number of hydrogen-bond donors (Lipinski definition) is 4. The quantitative estimate of drug-likeness (QED) is 0.151. The number of nitriles is 2. The first-order valence-corrected chi connectivity index (χ1v) is 19.9. The molecule has 4 aromatic rings. The van der Waals surface area contributed by atoms with Crippen molar-refractivity contribution in [1.82, 2.24) is 29.4 Å². The molecule has 2 aromatic heterocycles. The van der Waals surface area contributed by atoms with Crippen LogP contribution in [-0.2, 0) is 0 Å². The molecule has 4 fully saturated rings. The highest BCUT2D eigenvalue weighted by atomic mass is 19.1. The molecule has 8 rings (SSSR count). The molecular formula is C40H49F2N11O6. The minimum absolute atomic E-state index is 0.00333. The molecule has 59 heavy (non-hydrogen) atoms. The molecule has 2 aliphatic carbocycles. The number of halogens is 2. The lowest BCUT2D eigenvalue weighted by atomic mass is 9.93. The molecule has 4 heterocycles. The van der Waals surface area contributed by atoms with Gasteiger partial charge in [0.1, 0.15) is 22.4 Å². The molecule has 4 aliphatic rings. The molecule has 19 heteroatoms. The first kappa shape index (κ1) is 41.2. The molecule has 2 aliphatic heterocycles. The number of rotatable bonds is 12. The van der Waals surface area contributed by atoms with Crippen LogP contribution in [0.1, 0.15) is 57.0 Å². The summed E-state index contributed by atoms with van der Waals surface area (Å²) in [6.07, 6.45) is 5.13. The van der Waals surface area contributed by atoms with Gasteiger partial charge in [0, 0.05) is 50.8 Å². The van der Waals surface area contributed by atoms with E-state index in [0.717, 1.165) is 44.6 Å². The van der Waals surface area contributed by atoms with Crippen LogP contribution < -0.4 is 58.2 Å². The van der Waals surface area contributed by atoms with E-state index in [1.54, 1.807) is 7.05 Å². The molecule has 2 saturated carbocycles. The maximum Gasteiger partial charge on any atom is 0.350 e. The molecule has 0 spiro atoms. The fraction of sp³-hybridized carbons (Fsp3) is 0.550. The highest BCUT2D eigenvalue weighted by Gasteiger charge is 2.37. The Bertz CT molecular complexity index is 2600. The summed E-state index contributed by atoms with van der Waals surface area (Å²) in [6.45, 7) is 2.77. The standard InChI is InChI=1S/C20H25FN6O3.C20H24FN5O3/c1-24-15(5-7-22)11-6-8-25(10-11)17-14(21)9-13-16(18(17)30-2)26(12-3-4-12)20(29)27(23)19(13)28;1-23-9-12(8-22)11-5-6-25(10-11)17-15(21)7-14-16(18(17)29-2)26(13-3-4-13)20(28)24-19(14)27/h9,11-12,15,24H,3-6,8,10,23H2,1-2H3;7,11-13,23H,3-6,9-10H2,1-2H3,(H,24,27,28). The van der Waals surface area contributed by atoms with Crippen molar-refractivity contribution >= 4 is 33.2 Å². The second kappa shape index (κ2) is 16.7. The largest absolute Gasteiger partial charge is 0.492 e. The van der Waals surface area contributed by atoms with Crippen LogP contribution in [0.2, 0.25) is 0 Å². The van der Waals surface area contributed by atoms with Crippen LogP contribution in [-0.4, -0.2) is 85.9 Å². The summed E-state index contributed by atoms with van der Waals surface area (Å²) in [5.41, 5.74) is -1.38. The van der Waals surface area contributed by atoms with Crippen LogP contribution in [0, 0.1) is 52.1 Å². The van der Waals surface area contributed by atoms with Crippen molar-refractivity contribution < 1.29 is 18.3 Å². The molecule has 4 unspecified atom stereocenters. The third-order valence-electron chi connectivity index (χ3n) is 12.1. The molecule has 5 N–H and O–H groups in total. The molecule has 2 aromatic carbocycles. The number of nitrogens with zero attached hydrogens (tertiary/aromatic N) is 7. The predicted molar refractivity (Wildman–Crippen MR) is 218 cm³/mol. The number of hydrogen-bond acceptors (Lipinski definition) is 13. The zero-order chi connectivity index (χ0) is 42.3. The Kier molecular flexibility index (Phi) is 11.7. The van der Waals surface area contributed by atoms with E-state index in [1.807, 2.05) is 16.8 Å². The zero-order valence-electron chi connectivity index (χ0n) is 33.5. The molecular weight excluding hydrogens is 769 g/mol. The zero-order valence-corrected chi connectivity index (χ0v) is 33.5. The Hall–Kier alpha value is -5.92. The third-order valence-corrected chi connectivity index (χ3v) is 12.1. The molecule has 4 atom stereocenters. The Morgan fingerprint density at radius 3 is 1.92 bits per heavy atom. The van der Waals surface area contributed by atoms with Gasteiger partial charge in [-0.15, -0.1) is 0 Å². The number of benzene rings is 2. The number of anilines is 2. The van der Waals surface area contributed by atoms with Crippen LogP contribution in [0.3, 0.4) is 0 Å². The van der Waals surface area contributed by atoms with Gasteiger partial charge in [0.25, 0.3) is 11.1 Å². The van der Waals surface area contributed by atoms with Crippen LogP contribution in [0.25, 0.3) is 21.8 Å². The Balaban J connectivity index is 0.000000179. The fourth-order valence-electron chi connectivity index (χ4n) is 8.89. The SMILES string of the molecule is CNC(CC#N)C1CCN(c2c(F)cc3c(=O)n(N)c(=O)n(C4CC4)c3c2OC)C1.CNCC(C#N)C1CCN(c2c(F)cc3c(=O)[nH]c(=O)n(C4CC4)c3c2OC)C1. The summed E-state index contributed by atoms with van der Waals surface area (Å²) in [5.74, 6) is 4.98. The van der Waals surface area contributed by atoms with E-state index < -0.39 is 34.1 Å². The number of nitrogens with one attached hydrogen (secondary N) is 3. The van der Waals surface area contributed by atoms with Gasteiger partial charge in [-0.2, -0.15) is 15.2 Å². The van der Waals surface area contributed by atoms with E-state index in [2.05, 4.69) is 27.8 Å². The van der Waals surface area contributed by atoms with Crippen molar-refractivity contribution in [1.29, 1.82) is 10.5 Å². The van der Waals surface area contributed by atoms with Crippen LogP contribution in [0.15, 0.2) is 31.3 Å². The lowest BCUT2D eigenvalue weighted by Crippen LogP contribution is -2.44. The van der Waals surface area contributed by atoms with Crippen molar-refractivity contribution in [2.24, 2.45) is 17.8 Å². The lowest BCUT2D eigenvalue weighted by Gasteiger charge is -2.26. The van der Waals surface area contributed by atoms with E-state index in [4.69, 9.17) is 20.6 Å². The average Bonchev–Trinajstić information content (AvgIpc) is 4.15. The highest BCUT2D eigenvalue weighted by Crippen LogP contribution is 2.45. The molecule has 0 amide bonds. The van der Waals surface area contributed by atoms with E-state index in [1.165, 1.54) is 29.4 Å². The topological polar surface area (TPSA) is 221 Å². The van der Waals surface area contributed by atoms with Gasteiger partial charge in [0.15, 0.2) is 23.1 Å². The minimum atomic E-state index is -0.751. The number of ether oxygens (including phenoxy) is 2. The summed E-state index contributed by atoms with van der Waals surface area (Å²) in [5, 5.41) is 24.8. The van der Waals surface area contributed by atoms with Crippen molar-refractivity contribution in [3.05, 3.63) is 65.4 Å². The molecule has 314 valence electrons. The first-order valence-electron chi connectivity index (χ1n) is 19.9. The first-order chi connectivity index (χ1) is 28.4. The van der Waals surface area contributed by atoms with Gasteiger partial charge in [-0.25, -0.2) is 18.4 Å². The second-order valence-corrected chi connectivity index (χ2v) is 15.7.